The molecule has 1 fully saturated rings. The number of aliphatic hydroxyl groups excluding tert-OH is 3. The van der Waals surface area contributed by atoms with Crippen molar-refractivity contribution in [3.05, 3.63) is 107 Å². The Hall–Kier alpha value is -4.19. The maximum Gasteiger partial charge on any atom is 0.306 e. The number of benzene rings is 3. The van der Waals surface area contributed by atoms with Crippen molar-refractivity contribution in [1.29, 1.82) is 0 Å². The van der Waals surface area contributed by atoms with Gasteiger partial charge >= 0.3 is 5.97 Å². The molecule has 0 spiro atoms. The molecule has 2 aromatic heterocycles. The summed E-state index contributed by atoms with van der Waals surface area (Å²) in [6, 6.07) is 25.3. The summed E-state index contributed by atoms with van der Waals surface area (Å²) in [6.07, 6.45) is 9.44. The Labute approximate surface area is 317 Å². The zero-order valence-corrected chi connectivity index (χ0v) is 30.6. The highest BCUT2D eigenvalue weighted by atomic mass is 32.1. The number of amides is 1. The van der Waals surface area contributed by atoms with Crippen LogP contribution in [0.25, 0.3) is 20.9 Å². The molecule has 1 aliphatic rings. The zero-order valence-electron chi connectivity index (χ0n) is 29.8. The lowest BCUT2D eigenvalue weighted by molar-refractivity contribution is -0.145. The maximum absolute atomic E-state index is 12.9. The van der Waals surface area contributed by atoms with Gasteiger partial charge < -0.3 is 31.1 Å². The maximum atomic E-state index is 12.9. The van der Waals surface area contributed by atoms with Crippen LogP contribution in [-0.4, -0.2) is 50.9 Å². The largest absolute Gasteiger partial charge is 0.461 e. The van der Waals surface area contributed by atoms with Crippen LogP contribution in [0.5, 0.6) is 0 Å². The molecule has 5 aromatic rings. The van der Waals surface area contributed by atoms with Crippen LogP contribution in [0.3, 0.4) is 0 Å². The number of fused-ring (bicyclic) bond motifs is 2. The second-order valence-corrected chi connectivity index (χ2v) is 14.7. The first kappa shape index (κ1) is 41.6. The monoisotopic (exact) mass is 741 g/mol. The number of esters is 1. The van der Waals surface area contributed by atoms with E-state index in [9.17, 15) is 24.9 Å². The van der Waals surface area contributed by atoms with Gasteiger partial charge in [0.2, 0.25) is 5.91 Å². The van der Waals surface area contributed by atoms with Crippen LogP contribution in [0.15, 0.2) is 91.3 Å². The predicted octanol–water partition coefficient (Wildman–Crippen LogP) is 8.41. The van der Waals surface area contributed by atoms with Crippen molar-refractivity contribution < 1.29 is 29.6 Å². The molecule has 2 heterocycles. The van der Waals surface area contributed by atoms with E-state index in [2.05, 4.69) is 28.5 Å². The molecule has 6 rings (SSSR count). The summed E-state index contributed by atoms with van der Waals surface area (Å²) >= 11 is 1.68. The van der Waals surface area contributed by atoms with Crippen molar-refractivity contribution in [3.8, 4) is 0 Å². The highest BCUT2D eigenvalue weighted by Gasteiger charge is 2.31. The van der Waals surface area contributed by atoms with E-state index in [1.807, 2.05) is 67.6 Å². The van der Waals surface area contributed by atoms with E-state index in [0.717, 1.165) is 65.3 Å². The summed E-state index contributed by atoms with van der Waals surface area (Å²) in [5.74, 6) is -0.703. The van der Waals surface area contributed by atoms with E-state index in [1.165, 1.54) is 10.1 Å². The Morgan fingerprint density at radius 2 is 1.72 bits per heavy atom. The SMILES string of the molecule is C.CCC(O)c1cc2ccccc2s1.NCC(C(=O)Nc1ccc2cnccc2c1)c1ccc(COC(=O)CCCCCCC2CC(O)CC2O)cc1. The van der Waals surface area contributed by atoms with E-state index in [-0.39, 0.29) is 56.7 Å². The van der Waals surface area contributed by atoms with E-state index in [1.54, 1.807) is 23.7 Å². The number of ether oxygens (including phenoxy) is 1. The Morgan fingerprint density at radius 3 is 2.43 bits per heavy atom. The molecule has 284 valence electrons. The van der Waals surface area contributed by atoms with Gasteiger partial charge in [-0.05, 0) is 90.3 Å². The summed E-state index contributed by atoms with van der Waals surface area (Å²) in [5, 5.41) is 35.3. The summed E-state index contributed by atoms with van der Waals surface area (Å²) in [6.45, 7) is 2.35. The zero-order chi connectivity index (χ0) is 36.9. The van der Waals surface area contributed by atoms with E-state index in [0.29, 0.717) is 24.9 Å². The third kappa shape index (κ3) is 12.2. The minimum Gasteiger partial charge on any atom is -0.461 e. The first-order chi connectivity index (χ1) is 25.2. The number of nitrogens with one attached hydrogen (secondary N) is 1. The van der Waals surface area contributed by atoms with Crippen molar-refractivity contribution in [2.45, 2.75) is 103 Å². The molecule has 1 aliphatic carbocycles. The molecule has 1 amide bonds. The van der Waals surface area contributed by atoms with Gasteiger partial charge in [0.05, 0.1) is 24.2 Å². The molecular formula is C43H55N3O6S. The van der Waals surface area contributed by atoms with Gasteiger partial charge in [-0.2, -0.15) is 0 Å². The van der Waals surface area contributed by atoms with Crippen LogP contribution < -0.4 is 11.1 Å². The van der Waals surface area contributed by atoms with Gasteiger partial charge in [0.15, 0.2) is 0 Å². The number of carbonyl (C=O) groups is 2. The number of nitrogens with zero attached hydrogens (tertiary/aromatic N) is 1. The number of nitrogens with two attached hydrogens (primary N) is 1. The lowest BCUT2D eigenvalue weighted by Crippen LogP contribution is -2.27. The Bertz CT molecular complexity index is 1850. The fraction of sp³-hybridized carbons (Fsp3) is 0.419. The number of carbonyl (C=O) groups excluding carboxylic acids is 2. The molecular weight excluding hydrogens is 687 g/mol. The molecule has 0 saturated heterocycles. The van der Waals surface area contributed by atoms with Gasteiger partial charge in [-0.1, -0.05) is 82.1 Å². The first-order valence-electron chi connectivity index (χ1n) is 18.4. The standard InChI is InChI=1S/C31H39N3O5.C11H12OS.CH4/c32-18-28(31(38)34-26-12-11-25-19-33-14-13-23(25)15-26)22-9-7-21(8-10-22)20-39-30(37)6-4-2-1-3-5-24-16-27(35)17-29(24)36;1-2-9(12)11-7-8-5-3-4-6-10(8)13-11;/h7-15,19,24,27-29,35-36H,1-6,16-18,20,32H2,(H,34,38);3-7,9,12H,2H2,1H3;1H4. The lowest BCUT2D eigenvalue weighted by atomic mass is 9.97. The number of hydrogen-bond donors (Lipinski definition) is 5. The van der Waals surface area contributed by atoms with E-state index in [4.69, 9.17) is 10.5 Å². The quantitative estimate of drug-likeness (QED) is 0.0529. The third-order valence-corrected chi connectivity index (χ3v) is 11.0. The molecule has 3 aromatic carbocycles. The van der Waals surface area contributed by atoms with Crippen LogP contribution in [-0.2, 0) is 20.9 Å². The molecule has 0 bridgehead atoms. The first-order valence-corrected chi connectivity index (χ1v) is 19.2. The molecule has 5 atom stereocenters. The van der Waals surface area contributed by atoms with Crippen molar-refractivity contribution in [1.82, 2.24) is 4.98 Å². The predicted molar refractivity (Wildman–Crippen MR) is 215 cm³/mol. The number of pyridine rings is 1. The van der Waals surface area contributed by atoms with Gasteiger partial charge in [0.25, 0.3) is 0 Å². The average molecular weight is 742 g/mol. The number of unbranched alkanes of at least 4 members (excludes halogenated alkanes) is 3. The third-order valence-electron chi connectivity index (χ3n) is 9.74. The second-order valence-electron chi connectivity index (χ2n) is 13.6. The van der Waals surface area contributed by atoms with Gasteiger partial charge in [0, 0.05) is 46.0 Å². The van der Waals surface area contributed by atoms with E-state index >= 15 is 0 Å². The Morgan fingerprint density at radius 1 is 0.943 bits per heavy atom. The molecule has 10 heteroatoms. The highest BCUT2D eigenvalue weighted by Crippen LogP contribution is 2.32. The van der Waals surface area contributed by atoms with Crippen LogP contribution >= 0.6 is 11.3 Å². The van der Waals surface area contributed by atoms with Crippen LogP contribution in [0, 0.1) is 5.92 Å². The van der Waals surface area contributed by atoms with Gasteiger partial charge in [-0.3, -0.25) is 14.6 Å². The summed E-state index contributed by atoms with van der Waals surface area (Å²) in [7, 11) is 0. The molecule has 6 N–H and O–H groups in total. The van der Waals surface area contributed by atoms with Gasteiger partial charge in [-0.25, -0.2) is 0 Å². The van der Waals surface area contributed by atoms with Crippen molar-refractivity contribution >= 4 is 49.8 Å². The molecule has 9 nitrogen and oxygen atoms in total. The highest BCUT2D eigenvalue weighted by molar-refractivity contribution is 7.19. The summed E-state index contributed by atoms with van der Waals surface area (Å²) < 4.78 is 6.68. The minimum absolute atomic E-state index is 0. The van der Waals surface area contributed by atoms with E-state index < -0.39 is 5.92 Å². The minimum atomic E-state index is -0.503. The lowest BCUT2D eigenvalue weighted by Gasteiger charge is -2.16. The average Bonchev–Trinajstić information content (AvgIpc) is 3.74. The normalized spacial score (nSPS) is 17.7. The number of hydrogen-bond acceptors (Lipinski definition) is 9. The summed E-state index contributed by atoms with van der Waals surface area (Å²) in [5.41, 5.74) is 8.30. The molecule has 53 heavy (non-hydrogen) atoms. The number of thiophene rings is 1. The number of rotatable bonds is 15. The molecule has 0 aliphatic heterocycles. The second kappa shape index (κ2) is 20.9. The van der Waals surface area contributed by atoms with Crippen LogP contribution in [0.4, 0.5) is 5.69 Å². The molecule has 1 saturated carbocycles. The van der Waals surface area contributed by atoms with Crippen molar-refractivity contribution in [2.24, 2.45) is 11.7 Å². The number of aromatic nitrogens is 1. The molecule has 5 unspecified atom stereocenters. The van der Waals surface area contributed by atoms with Crippen molar-refractivity contribution in [3.63, 3.8) is 0 Å². The van der Waals surface area contributed by atoms with Gasteiger partial charge in [-0.15, -0.1) is 11.3 Å². The van der Waals surface area contributed by atoms with Crippen molar-refractivity contribution in [2.75, 3.05) is 11.9 Å². The summed E-state index contributed by atoms with van der Waals surface area (Å²) in [4.78, 5) is 30.3. The number of anilines is 1. The van der Waals surface area contributed by atoms with Crippen LogP contribution in [0.2, 0.25) is 0 Å². The molecule has 0 radical (unpaired) electrons. The van der Waals surface area contributed by atoms with Crippen LogP contribution in [0.1, 0.15) is 100 Å². The fourth-order valence-electron chi connectivity index (χ4n) is 6.65. The Kier molecular flexibility index (Phi) is 16.4. The topological polar surface area (TPSA) is 155 Å². The number of aliphatic hydroxyl groups is 3. The van der Waals surface area contributed by atoms with Gasteiger partial charge in [0.1, 0.15) is 6.61 Å². The smallest absolute Gasteiger partial charge is 0.306 e. The Balaban J connectivity index is 0.000000375. The fourth-order valence-corrected chi connectivity index (χ4v) is 7.78.